The summed E-state index contributed by atoms with van der Waals surface area (Å²) >= 11 is 5.96. The van der Waals surface area contributed by atoms with Crippen LogP contribution in [0.2, 0.25) is 5.02 Å². The molecule has 1 aromatic heterocycles. The summed E-state index contributed by atoms with van der Waals surface area (Å²) in [5, 5.41) is 11.8. The molecule has 0 spiro atoms. The fourth-order valence-corrected chi connectivity index (χ4v) is 1.89. The van der Waals surface area contributed by atoms with E-state index in [4.69, 9.17) is 21.1 Å². The molecule has 1 aromatic carbocycles. The summed E-state index contributed by atoms with van der Waals surface area (Å²) in [4.78, 5) is 11.7. The molecule has 5 heteroatoms. The van der Waals surface area contributed by atoms with Crippen LogP contribution in [0.1, 0.15) is 16.1 Å². The monoisotopic (exact) mass is 279 g/mol. The van der Waals surface area contributed by atoms with Gasteiger partial charge in [0.25, 0.3) is 5.91 Å². The van der Waals surface area contributed by atoms with Gasteiger partial charge in [0.15, 0.2) is 5.76 Å². The van der Waals surface area contributed by atoms with Crippen molar-refractivity contribution in [2.45, 2.75) is 6.92 Å². The normalized spacial score (nSPS) is 10.5. The molecule has 1 heterocycles. The van der Waals surface area contributed by atoms with Gasteiger partial charge in [-0.15, -0.1) is 0 Å². The Balaban J connectivity index is 2.25. The fourth-order valence-electron chi connectivity index (χ4n) is 1.72. The first kappa shape index (κ1) is 13.6. The van der Waals surface area contributed by atoms with Crippen molar-refractivity contribution >= 4 is 17.5 Å². The highest BCUT2D eigenvalue weighted by molar-refractivity contribution is 6.30. The van der Waals surface area contributed by atoms with Crippen molar-refractivity contribution in [3.63, 3.8) is 0 Å². The smallest absolute Gasteiger partial charge is 0.287 e. The molecule has 2 rings (SSSR count). The summed E-state index contributed by atoms with van der Waals surface area (Å²) in [7, 11) is 0. The maximum absolute atomic E-state index is 11.7. The zero-order valence-electron chi connectivity index (χ0n) is 10.4. The highest BCUT2D eigenvalue weighted by Gasteiger charge is 2.13. The molecule has 0 saturated carbocycles. The molecule has 0 bridgehead atoms. The van der Waals surface area contributed by atoms with Crippen molar-refractivity contribution in [1.82, 2.24) is 5.32 Å². The van der Waals surface area contributed by atoms with E-state index in [0.717, 1.165) is 11.1 Å². The van der Waals surface area contributed by atoms with E-state index in [9.17, 15) is 4.79 Å². The van der Waals surface area contributed by atoms with Crippen LogP contribution in [-0.4, -0.2) is 24.2 Å². The molecule has 0 saturated heterocycles. The van der Waals surface area contributed by atoms with Crippen LogP contribution in [0, 0.1) is 6.92 Å². The van der Waals surface area contributed by atoms with E-state index in [1.54, 1.807) is 24.3 Å². The molecular weight excluding hydrogens is 266 g/mol. The van der Waals surface area contributed by atoms with Crippen LogP contribution in [0.25, 0.3) is 11.3 Å². The third-order valence-electron chi connectivity index (χ3n) is 2.69. The number of nitrogens with one attached hydrogen (secondary N) is 1. The number of furan rings is 1. The molecule has 0 radical (unpaired) electrons. The first-order valence-corrected chi connectivity index (χ1v) is 6.25. The molecular formula is C14H14ClNO3. The van der Waals surface area contributed by atoms with Gasteiger partial charge in [0.2, 0.25) is 0 Å². The Morgan fingerprint density at radius 1 is 1.37 bits per heavy atom. The van der Waals surface area contributed by atoms with Crippen molar-refractivity contribution in [2.24, 2.45) is 0 Å². The molecule has 19 heavy (non-hydrogen) atoms. The van der Waals surface area contributed by atoms with E-state index in [2.05, 4.69) is 5.32 Å². The van der Waals surface area contributed by atoms with E-state index in [-0.39, 0.29) is 24.8 Å². The molecule has 2 N–H and O–H groups in total. The minimum atomic E-state index is -0.347. The Labute approximate surface area is 116 Å². The molecule has 0 fully saturated rings. The number of hydrogen-bond acceptors (Lipinski definition) is 3. The number of aliphatic hydroxyl groups is 1. The maximum Gasteiger partial charge on any atom is 0.287 e. The lowest BCUT2D eigenvalue weighted by Crippen LogP contribution is -2.25. The Morgan fingerprint density at radius 3 is 2.89 bits per heavy atom. The van der Waals surface area contributed by atoms with Crippen LogP contribution >= 0.6 is 11.6 Å². The number of hydrogen-bond donors (Lipinski definition) is 2. The molecule has 0 atom stereocenters. The number of aryl methyl sites for hydroxylation is 1. The Morgan fingerprint density at radius 2 is 2.16 bits per heavy atom. The van der Waals surface area contributed by atoms with Crippen LogP contribution in [-0.2, 0) is 0 Å². The first-order chi connectivity index (χ1) is 9.11. The van der Waals surface area contributed by atoms with Crippen LogP contribution in [0.4, 0.5) is 0 Å². The maximum atomic E-state index is 11.7. The molecule has 0 aliphatic rings. The lowest BCUT2D eigenvalue weighted by atomic mass is 10.1. The second kappa shape index (κ2) is 5.91. The third-order valence-corrected chi connectivity index (χ3v) is 2.93. The van der Waals surface area contributed by atoms with Gasteiger partial charge in [0.05, 0.1) is 6.61 Å². The highest BCUT2D eigenvalue weighted by atomic mass is 35.5. The number of benzene rings is 1. The van der Waals surface area contributed by atoms with Gasteiger partial charge >= 0.3 is 0 Å². The van der Waals surface area contributed by atoms with Crippen molar-refractivity contribution < 1.29 is 14.3 Å². The number of rotatable bonds is 4. The van der Waals surface area contributed by atoms with Crippen LogP contribution < -0.4 is 5.32 Å². The molecule has 0 aliphatic carbocycles. The fraction of sp³-hybridized carbons (Fsp3) is 0.214. The summed E-state index contributed by atoms with van der Waals surface area (Å²) in [6, 6.07) is 8.82. The first-order valence-electron chi connectivity index (χ1n) is 5.87. The summed E-state index contributed by atoms with van der Waals surface area (Å²) in [6.45, 7) is 2.04. The van der Waals surface area contributed by atoms with Gasteiger partial charge < -0.3 is 14.8 Å². The predicted octanol–water partition coefficient (Wildman–Crippen LogP) is 2.63. The summed E-state index contributed by atoms with van der Waals surface area (Å²) in [5.41, 5.74) is 1.87. The molecule has 0 aliphatic heterocycles. The van der Waals surface area contributed by atoms with Crippen molar-refractivity contribution in [1.29, 1.82) is 0 Å². The van der Waals surface area contributed by atoms with Crippen molar-refractivity contribution in [3.8, 4) is 11.3 Å². The standard InChI is InChI=1S/C14H14ClNO3/c1-9-2-3-10(15)8-11(9)12-4-5-13(19-12)14(18)16-6-7-17/h2-5,8,17H,6-7H2,1H3,(H,16,18). The quantitative estimate of drug-likeness (QED) is 0.904. The van der Waals surface area contributed by atoms with E-state index < -0.39 is 0 Å². The second-order valence-corrected chi connectivity index (χ2v) is 4.54. The van der Waals surface area contributed by atoms with Crippen LogP contribution in [0.15, 0.2) is 34.7 Å². The second-order valence-electron chi connectivity index (χ2n) is 4.10. The van der Waals surface area contributed by atoms with Crippen molar-refractivity contribution in [3.05, 3.63) is 46.7 Å². The van der Waals surface area contributed by atoms with Gasteiger partial charge in [-0.2, -0.15) is 0 Å². The lowest BCUT2D eigenvalue weighted by Gasteiger charge is -2.03. The Bertz CT molecular complexity index is 592. The zero-order valence-corrected chi connectivity index (χ0v) is 11.2. The van der Waals surface area contributed by atoms with Gasteiger partial charge in [-0.1, -0.05) is 17.7 Å². The minimum Gasteiger partial charge on any atom is -0.451 e. The van der Waals surface area contributed by atoms with Gasteiger partial charge in [-0.25, -0.2) is 0 Å². The molecule has 100 valence electrons. The number of carbonyl (C=O) groups excluding carboxylic acids is 1. The minimum absolute atomic E-state index is 0.104. The molecule has 1 amide bonds. The number of carbonyl (C=O) groups is 1. The summed E-state index contributed by atoms with van der Waals surface area (Å²) in [5.74, 6) is 0.456. The SMILES string of the molecule is Cc1ccc(Cl)cc1-c1ccc(C(=O)NCCO)o1. The molecule has 4 nitrogen and oxygen atoms in total. The molecule has 0 unspecified atom stereocenters. The number of amides is 1. The number of aliphatic hydroxyl groups excluding tert-OH is 1. The van der Waals surface area contributed by atoms with Crippen molar-refractivity contribution in [2.75, 3.05) is 13.2 Å². The van der Waals surface area contributed by atoms with Crippen LogP contribution in [0.3, 0.4) is 0 Å². The average molecular weight is 280 g/mol. The predicted molar refractivity (Wildman–Crippen MR) is 73.3 cm³/mol. The Kier molecular flexibility index (Phi) is 4.24. The lowest BCUT2D eigenvalue weighted by molar-refractivity contribution is 0.0918. The highest BCUT2D eigenvalue weighted by Crippen LogP contribution is 2.28. The topological polar surface area (TPSA) is 62.5 Å². The third kappa shape index (κ3) is 3.16. The number of halogens is 1. The van der Waals surface area contributed by atoms with Gasteiger partial charge in [-0.05, 0) is 36.8 Å². The van der Waals surface area contributed by atoms with E-state index in [1.165, 1.54) is 0 Å². The zero-order chi connectivity index (χ0) is 13.8. The average Bonchev–Trinajstić information content (AvgIpc) is 2.88. The summed E-state index contributed by atoms with van der Waals surface area (Å²) < 4.78 is 5.51. The van der Waals surface area contributed by atoms with E-state index >= 15 is 0 Å². The van der Waals surface area contributed by atoms with E-state index in [1.807, 2.05) is 13.0 Å². The summed E-state index contributed by atoms with van der Waals surface area (Å²) in [6.07, 6.45) is 0. The van der Waals surface area contributed by atoms with E-state index in [0.29, 0.717) is 10.8 Å². The van der Waals surface area contributed by atoms with Crippen LogP contribution in [0.5, 0.6) is 0 Å². The van der Waals surface area contributed by atoms with Gasteiger partial charge in [-0.3, -0.25) is 4.79 Å². The Hall–Kier alpha value is -1.78. The van der Waals surface area contributed by atoms with Gasteiger partial charge in [0, 0.05) is 17.1 Å². The van der Waals surface area contributed by atoms with Gasteiger partial charge in [0.1, 0.15) is 5.76 Å². The largest absolute Gasteiger partial charge is 0.451 e. The molecule has 2 aromatic rings.